The molecule has 2 N–H and O–H groups in total. The third-order valence-corrected chi connectivity index (χ3v) is 3.91. The highest BCUT2D eigenvalue weighted by molar-refractivity contribution is 5.44. The van der Waals surface area contributed by atoms with Crippen LogP contribution in [0, 0.1) is 0 Å². The SMILES string of the molecule is C=CCc1ccc(O[C@@H](C)[C@H](O)c2ccc(O)c(OC)c2)c(OC)c1. The molecular weight excluding hydrogens is 320 g/mol. The number of hydrogen-bond donors (Lipinski definition) is 2. The second-order valence-corrected chi connectivity index (χ2v) is 5.68. The minimum Gasteiger partial charge on any atom is -0.504 e. The summed E-state index contributed by atoms with van der Waals surface area (Å²) in [4.78, 5) is 0. The highest BCUT2D eigenvalue weighted by atomic mass is 16.5. The molecule has 0 aliphatic heterocycles. The third-order valence-electron chi connectivity index (χ3n) is 3.91. The van der Waals surface area contributed by atoms with Gasteiger partial charge in [0.2, 0.25) is 0 Å². The van der Waals surface area contributed by atoms with E-state index in [0.717, 1.165) is 12.0 Å². The predicted molar refractivity (Wildman–Crippen MR) is 96.6 cm³/mol. The van der Waals surface area contributed by atoms with Crippen LogP contribution in [-0.2, 0) is 6.42 Å². The average Bonchev–Trinajstić information content (AvgIpc) is 2.62. The Bertz CT molecular complexity index is 726. The van der Waals surface area contributed by atoms with E-state index in [9.17, 15) is 10.2 Å². The summed E-state index contributed by atoms with van der Waals surface area (Å²) in [6, 6.07) is 10.3. The van der Waals surface area contributed by atoms with Gasteiger partial charge in [0.1, 0.15) is 12.2 Å². The molecule has 0 saturated heterocycles. The molecule has 2 atom stereocenters. The monoisotopic (exact) mass is 344 g/mol. The van der Waals surface area contributed by atoms with Gasteiger partial charge in [0, 0.05) is 0 Å². The van der Waals surface area contributed by atoms with Gasteiger partial charge in [-0.3, -0.25) is 0 Å². The summed E-state index contributed by atoms with van der Waals surface area (Å²) < 4.78 is 16.3. The van der Waals surface area contributed by atoms with Gasteiger partial charge >= 0.3 is 0 Å². The molecule has 0 spiro atoms. The minimum atomic E-state index is -0.896. The van der Waals surface area contributed by atoms with Crippen molar-refractivity contribution in [2.24, 2.45) is 0 Å². The standard InChI is InChI=1S/C20H24O5/c1-5-6-14-7-10-17(19(11-14)24-4)25-13(2)20(22)15-8-9-16(21)18(12-15)23-3/h5,7-13,20-22H,1,6H2,2-4H3/t13-,20-/m0/s1. The van der Waals surface area contributed by atoms with Crippen LogP contribution in [-0.4, -0.2) is 30.5 Å². The van der Waals surface area contributed by atoms with Crippen molar-refractivity contribution in [3.05, 3.63) is 60.2 Å². The fourth-order valence-corrected chi connectivity index (χ4v) is 2.52. The number of methoxy groups -OCH3 is 2. The summed E-state index contributed by atoms with van der Waals surface area (Å²) in [5.41, 5.74) is 1.65. The molecular formula is C20H24O5. The lowest BCUT2D eigenvalue weighted by Gasteiger charge is -2.22. The van der Waals surface area contributed by atoms with Crippen LogP contribution in [0.25, 0.3) is 0 Å². The molecule has 25 heavy (non-hydrogen) atoms. The largest absolute Gasteiger partial charge is 0.504 e. The minimum absolute atomic E-state index is 0.0199. The van der Waals surface area contributed by atoms with E-state index in [1.165, 1.54) is 13.2 Å². The van der Waals surface area contributed by atoms with Crippen molar-refractivity contribution in [1.82, 2.24) is 0 Å². The van der Waals surface area contributed by atoms with Gasteiger partial charge in [0.25, 0.3) is 0 Å². The summed E-state index contributed by atoms with van der Waals surface area (Å²) >= 11 is 0. The molecule has 0 aliphatic carbocycles. The molecule has 5 nitrogen and oxygen atoms in total. The highest BCUT2D eigenvalue weighted by Crippen LogP contribution is 2.33. The van der Waals surface area contributed by atoms with Gasteiger partial charge in [-0.05, 0) is 48.7 Å². The number of aromatic hydroxyl groups is 1. The zero-order valence-corrected chi connectivity index (χ0v) is 14.7. The van der Waals surface area contributed by atoms with E-state index < -0.39 is 12.2 Å². The van der Waals surface area contributed by atoms with Gasteiger partial charge in [-0.1, -0.05) is 18.2 Å². The van der Waals surface area contributed by atoms with Crippen molar-refractivity contribution < 1.29 is 24.4 Å². The van der Waals surface area contributed by atoms with Gasteiger partial charge in [0.05, 0.1) is 14.2 Å². The summed E-state index contributed by atoms with van der Waals surface area (Å²) in [5.74, 6) is 1.47. The molecule has 0 saturated carbocycles. The average molecular weight is 344 g/mol. The number of ether oxygens (including phenoxy) is 3. The Balaban J connectivity index is 2.18. The highest BCUT2D eigenvalue weighted by Gasteiger charge is 2.21. The maximum Gasteiger partial charge on any atom is 0.161 e. The zero-order chi connectivity index (χ0) is 18.4. The maximum absolute atomic E-state index is 10.5. The smallest absolute Gasteiger partial charge is 0.161 e. The Kier molecular flexibility index (Phi) is 6.31. The summed E-state index contributed by atoms with van der Waals surface area (Å²) in [6.07, 6.45) is 1.13. The molecule has 0 heterocycles. The van der Waals surface area contributed by atoms with Crippen LogP contribution < -0.4 is 14.2 Å². The quantitative estimate of drug-likeness (QED) is 0.716. The number of rotatable bonds is 8. The number of hydrogen-bond acceptors (Lipinski definition) is 5. The number of phenolic OH excluding ortho intramolecular Hbond substituents is 1. The van der Waals surface area contributed by atoms with Crippen molar-refractivity contribution >= 4 is 0 Å². The lowest BCUT2D eigenvalue weighted by molar-refractivity contribution is 0.0450. The van der Waals surface area contributed by atoms with E-state index >= 15 is 0 Å². The Labute approximate surface area is 148 Å². The van der Waals surface area contributed by atoms with Crippen LogP contribution in [0.4, 0.5) is 0 Å². The zero-order valence-electron chi connectivity index (χ0n) is 14.7. The van der Waals surface area contributed by atoms with E-state index in [0.29, 0.717) is 22.8 Å². The molecule has 0 unspecified atom stereocenters. The number of benzene rings is 2. The normalized spacial score (nSPS) is 13.0. The molecule has 0 radical (unpaired) electrons. The van der Waals surface area contributed by atoms with Gasteiger partial charge in [-0.25, -0.2) is 0 Å². The van der Waals surface area contributed by atoms with Crippen LogP contribution in [0.5, 0.6) is 23.0 Å². The second-order valence-electron chi connectivity index (χ2n) is 5.68. The molecule has 2 rings (SSSR count). The predicted octanol–water partition coefficient (Wildman–Crippen LogP) is 3.64. The van der Waals surface area contributed by atoms with E-state index in [1.807, 2.05) is 24.3 Å². The van der Waals surface area contributed by atoms with Crippen molar-refractivity contribution in [1.29, 1.82) is 0 Å². The number of allylic oxidation sites excluding steroid dienone is 1. The first-order valence-corrected chi connectivity index (χ1v) is 7.99. The number of aliphatic hydroxyl groups excluding tert-OH is 1. The Morgan fingerprint density at radius 3 is 2.40 bits per heavy atom. The first-order valence-electron chi connectivity index (χ1n) is 7.99. The van der Waals surface area contributed by atoms with E-state index in [1.54, 1.807) is 26.2 Å². The Morgan fingerprint density at radius 2 is 1.76 bits per heavy atom. The van der Waals surface area contributed by atoms with Crippen LogP contribution in [0.2, 0.25) is 0 Å². The van der Waals surface area contributed by atoms with Crippen molar-refractivity contribution in [2.75, 3.05) is 14.2 Å². The van der Waals surface area contributed by atoms with Crippen molar-refractivity contribution in [2.45, 2.75) is 25.6 Å². The van der Waals surface area contributed by atoms with Crippen LogP contribution in [0.15, 0.2) is 49.1 Å². The fourth-order valence-electron chi connectivity index (χ4n) is 2.52. The fraction of sp³-hybridized carbons (Fsp3) is 0.300. The van der Waals surface area contributed by atoms with E-state index in [4.69, 9.17) is 14.2 Å². The second kappa shape index (κ2) is 8.44. The molecule has 5 heteroatoms. The molecule has 0 aliphatic rings. The van der Waals surface area contributed by atoms with Gasteiger partial charge < -0.3 is 24.4 Å². The van der Waals surface area contributed by atoms with E-state index in [-0.39, 0.29) is 5.75 Å². The van der Waals surface area contributed by atoms with Crippen molar-refractivity contribution in [3.63, 3.8) is 0 Å². The molecule has 0 amide bonds. The summed E-state index contributed by atoms with van der Waals surface area (Å²) in [5, 5.41) is 20.2. The first kappa shape index (κ1) is 18.7. The molecule has 2 aromatic carbocycles. The molecule has 0 aromatic heterocycles. The number of aliphatic hydroxyl groups is 1. The Morgan fingerprint density at radius 1 is 1.04 bits per heavy atom. The molecule has 0 bridgehead atoms. The van der Waals surface area contributed by atoms with Gasteiger partial charge in [0.15, 0.2) is 23.0 Å². The lowest BCUT2D eigenvalue weighted by atomic mass is 10.0. The summed E-state index contributed by atoms with van der Waals surface area (Å²) in [6.45, 7) is 5.49. The maximum atomic E-state index is 10.5. The third kappa shape index (κ3) is 4.45. The molecule has 134 valence electrons. The Hall–Kier alpha value is -2.66. The summed E-state index contributed by atoms with van der Waals surface area (Å²) in [7, 11) is 3.03. The lowest BCUT2D eigenvalue weighted by Crippen LogP contribution is -2.22. The number of phenols is 1. The molecule has 2 aromatic rings. The van der Waals surface area contributed by atoms with Crippen molar-refractivity contribution in [3.8, 4) is 23.0 Å². The van der Waals surface area contributed by atoms with E-state index in [2.05, 4.69) is 6.58 Å². The van der Waals surface area contributed by atoms with Crippen LogP contribution in [0.3, 0.4) is 0 Å². The first-order chi connectivity index (χ1) is 12.0. The van der Waals surface area contributed by atoms with Gasteiger partial charge in [-0.15, -0.1) is 6.58 Å². The molecule has 0 fully saturated rings. The van der Waals surface area contributed by atoms with Crippen LogP contribution >= 0.6 is 0 Å². The van der Waals surface area contributed by atoms with Crippen LogP contribution in [0.1, 0.15) is 24.2 Å². The topological polar surface area (TPSA) is 68.2 Å². The van der Waals surface area contributed by atoms with Gasteiger partial charge in [-0.2, -0.15) is 0 Å².